The second-order valence-electron chi connectivity index (χ2n) is 5.22. The molecule has 0 saturated carbocycles. The number of hydrogen-bond donors (Lipinski definition) is 1. The summed E-state index contributed by atoms with van der Waals surface area (Å²) in [5.41, 5.74) is 12.7. The fraction of sp³-hybridized carbons (Fsp3) is 0.294. The van der Waals surface area contributed by atoms with Crippen LogP contribution in [0.15, 0.2) is 42.5 Å². The fourth-order valence-electron chi connectivity index (χ4n) is 2.37. The smallest absolute Gasteiger partial charge is 0.0335 e. The van der Waals surface area contributed by atoms with Crippen molar-refractivity contribution in [3.63, 3.8) is 0 Å². The van der Waals surface area contributed by atoms with Gasteiger partial charge < -0.3 is 5.73 Å². The number of aryl methyl sites for hydroxylation is 3. The van der Waals surface area contributed by atoms with E-state index in [0.717, 1.165) is 6.42 Å². The predicted octanol–water partition coefficient (Wildman–Crippen LogP) is 3.85. The molecule has 18 heavy (non-hydrogen) atoms. The van der Waals surface area contributed by atoms with Crippen molar-refractivity contribution in [3.8, 4) is 0 Å². The molecular weight excluding hydrogens is 218 g/mol. The maximum atomic E-state index is 6.28. The van der Waals surface area contributed by atoms with Gasteiger partial charge in [0, 0.05) is 6.04 Å². The van der Waals surface area contributed by atoms with Crippen LogP contribution in [0.25, 0.3) is 0 Å². The van der Waals surface area contributed by atoms with E-state index in [4.69, 9.17) is 5.73 Å². The Morgan fingerprint density at radius 3 is 1.94 bits per heavy atom. The number of nitrogens with two attached hydrogens (primary N) is 1. The summed E-state index contributed by atoms with van der Waals surface area (Å²) in [5.74, 6) is 0. The standard InChI is InChI=1S/C17H21N/c1-12-4-6-16(7-5-12)17(18)11-15-9-13(2)8-14(3)10-15/h4-10,17H,11,18H2,1-3H3. The van der Waals surface area contributed by atoms with Gasteiger partial charge in [-0.2, -0.15) is 0 Å². The summed E-state index contributed by atoms with van der Waals surface area (Å²) < 4.78 is 0. The average Bonchev–Trinajstić information content (AvgIpc) is 2.28. The van der Waals surface area contributed by atoms with Gasteiger partial charge in [0.15, 0.2) is 0 Å². The molecule has 0 aliphatic carbocycles. The van der Waals surface area contributed by atoms with E-state index in [0.29, 0.717) is 0 Å². The molecule has 2 rings (SSSR count). The Hall–Kier alpha value is -1.60. The summed E-state index contributed by atoms with van der Waals surface area (Å²) >= 11 is 0. The Balaban J connectivity index is 2.15. The first-order chi connectivity index (χ1) is 8.54. The number of benzene rings is 2. The van der Waals surface area contributed by atoms with E-state index in [1.165, 1.54) is 27.8 Å². The molecule has 0 aliphatic rings. The number of hydrogen-bond acceptors (Lipinski definition) is 1. The van der Waals surface area contributed by atoms with Crippen LogP contribution in [0.3, 0.4) is 0 Å². The van der Waals surface area contributed by atoms with E-state index in [1.54, 1.807) is 0 Å². The lowest BCUT2D eigenvalue weighted by Gasteiger charge is -2.13. The predicted molar refractivity (Wildman–Crippen MR) is 77.7 cm³/mol. The van der Waals surface area contributed by atoms with Crippen molar-refractivity contribution >= 4 is 0 Å². The van der Waals surface area contributed by atoms with E-state index in [-0.39, 0.29) is 6.04 Å². The summed E-state index contributed by atoms with van der Waals surface area (Å²) in [7, 11) is 0. The highest BCUT2D eigenvalue weighted by molar-refractivity contribution is 5.31. The molecule has 2 N–H and O–H groups in total. The van der Waals surface area contributed by atoms with Crippen molar-refractivity contribution in [1.29, 1.82) is 0 Å². The van der Waals surface area contributed by atoms with Crippen LogP contribution in [0.5, 0.6) is 0 Å². The van der Waals surface area contributed by atoms with Crippen molar-refractivity contribution in [2.24, 2.45) is 5.73 Å². The maximum absolute atomic E-state index is 6.28. The van der Waals surface area contributed by atoms with Crippen LogP contribution in [0.1, 0.15) is 33.9 Å². The quantitative estimate of drug-likeness (QED) is 0.865. The normalized spacial score (nSPS) is 12.4. The van der Waals surface area contributed by atoms with Gasteiger partial charge in [0.25, 0.3) is 0 Å². The molecule has 0 heterocycles. The molecule has 0 radical (unpaired) electrons. The van der Waals surface area contributed by atoms with Crippen LogP contribution < -0.4 is 5.73 Å². The van der Waals surface area contributed by atoms with Crippen molar-refractivity contribution in [2.45, 2.75) is 33.2 Å². The van der Waals surface area contributed by atoms with Gasteiger partial charge in [-0.15, -0.1) is 0 Å². The minimum absolute atomic E-state index is 0.0757. The Bertz CT molecular complexity index is 506. The molecule has 1 heteroatoms. The summed E-state index contributed by atoms with van der Waals surface area (Å²) in [5, 5.41) is 0. The van der Waals surface area contributed by atoms with Gasteiger partial charge in [0.2, 0.25) is 0 Å². The molecular formula is C17H21N. The SMILES string of the molecule is Cc1ccc(C(N)Cc2cc(C)cc(C)c2)cc1. The molecule has 2 aromatic carbocycles. The van der Waals surface area contributed by atoms with Crippen LogP contribution in [-0.2, 0) is 6.42 Å². The number of rotatable bonds is 3. The Kier molecular flexibility index (Phi) is 3.83. The van der Waals surface area contributed by atoms with Gasteiger partial charge in [-0.05, 0) is 38.3 Å². The van der Waals surface area contributed by atoms with E-state index in [2.05, 4.69) is 63.2 Å². The molecule has 0 spiro atoms. The molecule has 2 aromatic rings. The van der Waals surface area contributed by atoms with Crippen molar-refractivity contribution in [1.82, 2.24) is 0 Å². The van der Waals surface area contributed by atoms with Crippen LogP contribution in [0, 0.1) is 20.8 Å². The zero-order valence-electron chi connectivity index (χ0n) is 11.4. The highest BCUT2D eigenvalue weighted by Gasteiger charge is 2.07. The molecule has 0 saturated heterocycles. The second-order valence-corrected chi connectivity index (χ2v) is 5.22. The van der Waals surface area contributed by atoms with Crippen LogP contribution >= 0.6 is 0 Å². The van der Waals surface area contributed by atoms with E-state index in [1.807, 2.05) is 0 Å². The van der Waals surface area contributed by atoms with Crippen molar-refractivity contribution < 1.29 is 0 Å². The first-order valence-electron chi connectivity index (χ1n) is 6.44. The molecule has 1 unspecified atom stereocenters. The Labute approximate surface area is 110 Å². The Morgan fingerprint density at radius 2 is 1.39 bits per heavy atom. The fourth-order valence-corrected chi connectivity index (χ4v) is 2.37. The van der Waals surface area contributed by atoms with Gasteiger partial charge >= 0.3 is 0 Å². The van der Waals surface area contributed by atoms with E-state index >= 15 is 0 Å². The summed E-state index contributed by atoms with van der Waals surface area (Å²) in [6, 6.07) is 15.2. The molecule has 0 aromatic heterocycles. The zero-order valence-corrected chi connectivity index (χ0v) is 11.4. The lowest BCUT2D eigenvalue weighted by atomic mass is 9.97. The van der Waals surface area contributed by atoms with Crippen LogP contribution in [-0.4, -0.2) is 0 Å². The molecule has 94 valence electrons. The third-order valence-corrected chi connectivity index (χ3v) is 3.24. The minimum atomic E-state index is 0.0757. The van der Waals surface area contributed by atoms with Gasteiger partial charge in [-0.1, -0.05) is 59.2 Å². The molecule has 1 nitrogen and oxygen atoms in total. The monoisotopic (exact) mass is 239 g/mol. The lowest BCUT2D eigenvalue weighted by molar-refractivity contribution is 0.721. The highest BCUT2D eigenvalue weighted by atomic mass is 14.6. The largest absolute Gasteiger partial charge is 0.324 e. The first kappa shape index (κ1) is 12.8. The topological polar surface area (TPSA) is 26.0 Å². The molecule has 1 atom stereocenters. The molecule has 0 bridgehead atoms. The first-order valence-corrected chi connectivity index (χ1v) is 6.44. The summed E-state index contributed by atoms with van der Waals surface area (Å²) in [6.45, 7) is 6.36. The second kappa shape index (κ2) is 5.36. The molecule has 0 fully saturated rings. The van der Waals surface area contributed by atoms with E-state index in [9.17, 15) is 0 Å². The van der Waals surface area contributed by atoms with Crippen molar-refractivity contribution in [2.75, 3.05) is 0 Å². The van der Waals surface area contributed by atoms with Gasteiger partial charge in [-0.25, -0.2) is 0 Å². The lowest BCUT2D eigenvalue weighted by Crippen LogP contribution is -2.13. The molecule has 0 aliphatic heterocycles. The van der Waals surface area contributed by atoms with Gasteiger partial charge in [0.1, 0.15) is 0 Å². The third kappa shape index (κ3) is 3.21. The molecule has 0 amide bonds. The van der Waals surface area contributed by atoms with Crippen molar-refractivity contribution in [3.05, 3.63) is 70.3 Å². The average molecular weight is 239 g/mol. The highest BCUT2D eigenvalue weighted by Crippen LogP contribution is 2.18. The van der Waals surface area contributed by atoms with E-state index < -0.39 is 0 Å². The van der Waals surface area contributed by atoms with Gasteiger partial charge in [0.05, 0.1) is 0 Å². The third-order valence-electron chi connectivity index (χ3n) is 3.24. The van der Waals surface area contributed by atoms with Gasteiger partial charge in [-0.3, -0.25) is 0 Å². The summed E-state index contributed by atoms with van der Waals surface area (Å²) in [4.78, 5) is 0. The van der Waals surface area contributed by atoms with Crippen LogP contribution in [0.4, 0.5) is 0 Å². The maximum Gasteiger partial charge on any atom is 0.0335 e. The minimum Gasteiger partial charge on any atom is -0.324 e. The zero-order chi connectivity index (χ0) is 13.1. The summed E-state index contributed by atoms with van der Waals surface area (Å²) in [6.07, 6.45) is 0.894. The van der Waals surface area contributed by atoms with Crippen LogP contribution in [0.2, 0.25) is 0 Å². The Morgan fingerprint density at radius 1 is 0.833 bits per heavy atom.